The highest BCUT2D eigenvalue weighted by Gasteiger charge is 2.47. The van der Waals surface area contributed by atoms with Gasteiger partial charge >= 0.3 is 0 Å². The Kier molecular flexibility index (Phi) is 2.73. The molecule has 0 saturated carbocycles. The Hall–Kier alpha value is -0.610. The van der Waals surface area contributed by atoms with Crippen molar-refractivity contribution >= 4 is 5.91 Å². The van der Waals surface area contributed by atoms with Crippen LogP contribution in [0, 0.1) is 5.92 Å². The number of rotatable bonds is 2. The zero-order valence-electron chi connectivity index (χ0n) is 9.49. The molecular formula is C11H20N2O2. The van der Waals surface area contributed by atoms with Gasteiger partial charge in [-0.1, -0.05) is 13.8 Å². The summed E-state index contributed by atoms with van der Waals surface area (Å²) in [6.07, 6.45) is 2.02. The predicted octanol–water partition coefficient (Wildman–Crippen LogP) is -0.0323. The van der Waals surface area contributed by atoms with Gasteiger partial charge in [0.1, 0.15) is 5.60 Å². The van der Waals surface area contributed by atoms with Crippen LogP contribution in [0.3, 0.4) is 0 Å². The molecule has 2 N–H and O–H groups in total. The molecule has 2 rings (SSSR count). The molecule has 2 aliphatic heterocycles. The quantitative estimate of drug-likeness (QED) is 0.676. The zero-order chi connectivity index (χ0) is 11.1. The van der Waals surface area contributed by atoms with Crippen LogP contribution < -0.4 is 5.32 Å². The highest BCUT2D eigenvalue weighted by molar-refractivity contribution is 5.83. The number of hydrogen-bond donors (Lipinski definition) is 2. The van der Waals surface area contributed by atoms with E-state index in [4.69, 9.17) is 0 Å². The van der Waals surface area contributed by atoms with Crippen LogP contribution in [0.4, 0.5) is 0 Å². The van der Waals surface area contributed by atoms with E-state index < -0.39 is 5.60 Å². The lowest BCUT2D eigenvalue weighted by molar-refractivity contribution is -0.165. The maximum Gasteiger partial charge on any atom is 0.239 e. The molecule has 0 aromatic carbocycles. The minimum Gasteiger partial charge on any atom is -0.386 e. The summed E-state index contributed by atoms with van der Waals surface area (Å²) >= 11 is 0. The lowest BCUT2D eigenvalue weighted by atomic mass is 9.82. The number of nitrogens with one attached hydrogen (secondary N) is 1. The molecule has 0 aromatic heterocycles. The first kappa shape index (κ1) is 10.9. The van der Waals surface area contributed by atoms with Crippen LogP contribution in [0.25, 0.3) is 0 Å². The number of carbonyl (C=O) groups is 1. The highest BCUT2D eigenvalue weighted by atomic mass is 16.3. The molecule has 2 aliphatic rings. The summed E-state index contributed by atoms with van der Waals surface area (Å²) in [5.41, 5.74) is -0.645. The van der Waals surface area contributed by atoms with E-state index in [2.05, 4.69) is 5.32 Å². The van der Waals surface area contributed by atoms with E-state index in [0.29, 0.717) is 13.1 Å². The summed E-state index contributed by atoms with van der Waals surface area (Å²) in [5.74, 6) is 0.385. The van der Waals surface area contributed by atoms with E-state index in [9.17, 15) is 9.90 Å². The van der Waals surface area contributed by atoms with Crippen LogP contribution in [0.15, 0.2) is 0 Å². The van der Waals surface area contributed by atoms with Crippen molar-refractivity contribution in [3.8, 4) is 0 Å². The first-order valence-corrected chi connectivity index (χ1v) is 5.77. The third-order valence-electron chi connectivity index (χ3n) is 3.67. The molecule has 0 radical (unpaired) electrons. The smallest absolute Gasteiger partial charge is 0.239 e. The van der Waals surface area contributed by atoms with Gasteiger partial charge in [0.05, 0.1) is 19.1 Å². The minimum atomic E-state index is -0.645. The van der Waals surface area contributed by atoms with Crippen molar-refractivity contribution in [1.29, 1.82) is 0 Å². The normalized spacial score (nSPS) is 29.3. The molecule has 4 nitrogen and oxygen atoms in total. The van der Waals surface area contributed by atoms with Gasteiger partial charge < -0.3 is 15.3 Å². The van der Waals surface area contributed by atoms with Crippen LogP contribution in [0.5, 0.6) is 0 Å². The monoisotopic (exact) mass is 212 g/mol. The van der Waals surface area contributed by atoms with Crippen molar-refractivity contribution in [2.75, 3.05) is 19.6 Å². The van der Waals surface area contributed by atoms with Crippen molar-refractivity contribution in [3.05, 3.63) is 0 Å². The molecular weight excluding hydrogens is 192 g/mol. The van der Waals surface area contributed by atoms with Gasteiger partial charge in [0.25, 0.3) is 0 Å². The molecule has 0 unspecified atom stereocenters. The number of nitrogens with zero attached hydrogens (tertiary/aromatic N) is 1. The second-order valence-electron chi connectivity index (χ2n) is 5.10. The van der Waals surface area contributed by atoms with E-state index in [1.54, 1.807) is 4.90 Å². The number of β-amino-alcohol motifs (C(OH)–C–C–N with tert-alkyl or cyclic N) is 1. The maximum absolute atomic E-state index is 11.9. The zero-order valence-corrected chi connectivity index (χ0v) is 9.49. The van der Waals surface area contributed by atoms with Gasteiger partial charge in [-0.15, -0.1) is 0 Å². The molecule has 4 heteroatoms. The molecule has 0 spiro atoms. The fourth-order valence-corrected chi connectivity index (χ4v) is 2.25. The van der Waals surface area contributed by atoms with E-state index in [-0.39, 0.29) is 17.9 Å². The van der Waals surface area contributed by atoms with Crippen molar-refractivity contribution in [2.24, 2.45) is 5.92 Å². The van der Waals surface area contributed by atoms with Gasteiger partial charge in [0.15, 0.2) is 0 Å². The molecule has 0 bridgehead atoms. The summed E-state index contributed by atoms with van der Waals surface area (Å²) < 4.78 is 0. The maximum atomic E-state index is 11.9. The van der Waals surface area contributed by atoms with E-state index in [1.807, 2.05) is 13.8 Å². The Morgan fingerprint density at radius 2 is 2.20 bits per heavy atom. The molecule has 2 fully saturated rings. The fourth-order valence-electron chi connectivity index (χ4n) is 2.25. The van der Waals surface area contributed by atoms with Gasteiger partial charge in [0.2, 0.25) is 5.91 Å². The van der Waals surface area contributed by atoms with Crippen LogP contribution in [-0.2, 0) is 4.79 Å². The number of hydrogen-bond acceptors (Lipinski definition) is 3. The van der Waals surface area contributed by atoms with Crippen molar-refractivity contribution < 1.29 is 9.90 Å². The lowest BCUT2D eigenvalue weighted by Gasteiger charge is -2.49. The number of likely N-dealkylation sites (tertiary alicyclic amines) is 1. The Labute approximate surface area is 90.6 Å². The minimum absolute atomic E-state index is 0.00159. The largest absolute Gasteiger partial charge is 0.386 e. The SMILES string of the molecule is CC(C)C1(O)CN(C(=O)[C@H]2CCCN2)C1. The summed E-state index contributed by atoms with van der Waals surface area (Å²) in [5, 5.41) is 13.2. The second kappa shape index (κ2) is 3.76. The van der Waals surface area contributed by atoms with Crippen molar-refractivity contribution in [1.82, 2.24) is 10.2 Å². The number of carbonyl (C=O) groups excluding carboxylic acids is 1. The third-order valence-corrected chi connectivity index (χ3v) is 3.67. The van der Waals surface area contributed by atoms with Crippen LogP contribution in [-0.4, -0.2) is 47.2 Å². The van der Waals surface area contributed by atoms with Crippen LogP contribution in [0.1, 0.15) is 26.7 Å². The van der Waals surface area contributed by atoms with Gasteiger partial charge in [-0.25, -0.2) is 0 Å². The topological polar surface area (TPSA) is 52.6 Å². The van der Waals surface area contributed by atoms with Gasteiger partial charge in [-0.3, -0.25) is 4.79 Å². The molecule has 2 heterocycles. The summed E-state index contributed by atoms with van der Waals surface area (Å²) in [6, 6.07) is 0.00159. The fraction of sp³-hybridized carbons (Fsp3) is 0.909. The highest BCUT2D eigenvalue weighted by Crippen LogP contribution is 2.29. The van der Waals surface area contributed by atoms with Crippen molar-refractivity contribution in [3.63, 3.8) is 0 Å². The van der Waals surface area contributed by atoms with E-state index in [0.717, 1.165) is 19.4 Å². The molecule has 0 aromatic rings. The molecule has 86 valence electrons. The molecule has 1 amide bonds. The molecule has 1 atom stereocenters. The Morgan fingerprint density at radius 3 is 2.67 bits per heavy atom. The van der Waals surface area contributed by atoms with E-state index in [1.165, 1.54) is 0 Å². The van der Waals surface area contributed by atoms with Crippen LogP contribution in [0.2, 0.25) is 0 Å². The van der Waals surface area contributed by atoms with Crippen molar-refractivity contribution in [2.45, 2.75) is 38.3 Å². The average molecular weight is 212 g/mol. The van der Waals surface area contributed by atoms with E-state index >= 15 is 0 Å². The average Bonchev–Trinajstić information content (AvgIpc) is 2.64. The first-order valence-electron chi connectivity index (χ1n) is 5.77. The van der Waals surface area contributed by atoms with Gasteiger partial charge in [-0.05, 0) is 25.3 Å². The number of aliphatic hydroxyl groups is 1. The predicted molar refractivity (Wildman–Crippen MR) is 57.4 cm³/mol. The molecule has 2 saturated heterocycles. The van der Waals surface area contributed by atoms with Gasteiger partial charge in [0, 0.05) is 0 Å². The first-order chi connectivity index (χ1) is 7.03. The lowest BCUT2D eigenvalue weighted by Crippen LogP contribution is -2.67. The van der Waals surface area contributed by atoms with Crippen LogP contribution >= 0.6 is 0 Å². The van der Waals surface area contributed by atoms with Gasteiger partial charge in [-0.2, -0.15) is 0 Å². The Bertz CT molecular complexity index is 253. The Morgan fingerprint density at radius 1 is 1.53 bits per heavy atom. The third kappa shape index (κ3) is 1.88. The second-order valence-corrected chi connectivity index (χ2v) is 5.10. The Balaban J connectivity index is 1.86. The number of amides is 1. The summed E-state index contributed by atoms with van der Waals surface area (Å²) in [4.78, 5) is 13.7. The summed E-state index contributed by atoms with van der Waals surface area (Å²) in [6.45, 7) is 5.94. The molecule has 15 heavy (non-hydrogen) atoms. The molecule has 0 aliphatic carbocycles. The summed E-state index contributed by atoms with van der Waals surface area (Å²) in [7, 11) is 0. The standard InChI is InChI=1S/C11H20N2O2/c1-8(2)11(15)6-13(7-11)10(14)9-4-3-5-12-9/h8-9,12,15H,3-7H2,1-2H3/t9-/m1/s1.